The first-order chi connectivity index (χ1) is 28.1. The number of unbranched alkanes of at least 4 members (excludes halogenated alkanes) is 3. The van der Waals surface area contributed by atoms with Crippen molar-refractivity contribution in [3.63, 3.8) is 0 Å². The van der Waals surface area contributed by atoms with Crippen LogP contribution >= 0.6 is 0 Å². The number of rotatable bonds is 26. The molecule has 0 radical (unpaired) electrons. The zero-order valence-corrected chi connectivity index (χ0v) is 35.0. The number of benzene rings is 1. The van der Waals surface area contributed by atoms with Gasteiger partial charge in [-0.3, -0.25) is 33.9 Å². The standard InChI is InChI=1S/C39H59BFN7O10S/c1-4-6-9-23-47(22-5-2)27-36(50)43-20-8-7-11-33(46-35(49)18-15-29-13-16-32(17-14-29)58-59(41,56)57)38(52)44-26-31-25-30(19-21-42-31)37(51)45-28(3)39(53)48-24-10-12-34(48)40(54)55/h13-14,16-17,19,21,25,28,33-34,54-55H,4-12,15,18,20,22-24,26-27H2,1-3H3,(H,43,50)(H,44,52)(H,45,51)(H,46,49). The lowest BCUT2D eigenvalue weighted by Gasteiger charge is -2.27. The third-order valence-electron chi connectivity index (χ3n) is 9.81. The van der Waals surface area contributed by atoms with Crippen molar-refractivity contribution in [3.8, 4) is 5.75 Å². The third kappa shape index (κ3) is 18.0. The molecule has 3 rings (SSSR count). The van der Waals surface area contributed by atoms with Crippen molar-refractivity contribution in [1.29, 1.82) is 0 Å². The lowest BCUT2D eigenvalue weighted by atomic mass is 9.78. The monoisotopic (exact) mass is 847 g/mol. The fraction of sp³-hybridized carbons (Fsp3) is 0.590. The Morgan fingerprint density at radius 3 is 2.41 bits per heavy atom. The number of hydrogen-bond donors (Lipinski definition) is 6. The van der Waals surface area contributed by atoms with Gasteiger partial charge in [-0.1, -0.05) is 42.7 Å². The minimum atomic E-state index is -5.18. The van der Waals surface area contributed by atoms with Crippen LogP contribution in [0.2, 0.25) is 0 Å². The second-order valence-electron chi connectivity index (χ2n) is 14.7. The molecule has 17 nitrogen and oxygen atoms in total. The Bertz CT molecular complexity index is 1790. The van der Waals surface area contributed by atoms with Crippen LogP contribution in [0.15, 0.2) is 42.6 Å². The highest BCUT2D eigenvalue weighted by Gasteiger charge is 2.38. The average molecular weight is 848 g/mol. The summed E-state index contributed by atoms with van der Waals surface area (Å²) in [7, 11) is -6.86. The van der Waals surface area contributed by atoms with Crippen molar-refractivity contribution >= 4 is 47.2 Å². The molecular formula is C39H59BFN7O10S. The number of aromatic nitrogens is 1. The molecular weight excluding hydrogens is 788 g/mol. The SMILES string of the molecule is CCCCCN(CCC)CC(=O)NCCCCC(NC(=O)CCc1ccc(OS(=O)(=O)F)cc1)C(=O)NCc1cc(C(=O)NC(C)C(=O)N2CCCC2B(O)O)ccn1. The minimum Gasteiger partial charge on any atom is -0.426 e. The molecule has 1 aliphatic rings. The normalized spacial score (nSPS) is 15.0. The first-order valence-corrected chi connectivity index (χ1v) is 21.6. The molecule has 1 aliphatic heterocycles. The number of halogens is 1. The van der Waals surface area contributed by atoms with Crippen LogP contribution in [-0.2, 0) is 42.6 Å². The summed E-state index contributed by atoms with van der Waals surface area (Å²) in [5, 5.41) is 30.4. The molecule has 1 aromatic carbocycles. The molecule has 0 aliphatic carbocycles. The van der Waals surface area contributed by atoms with Gasteiger partial charge in [0.1, 0.15) is 17.8 Å². The van der Waals surface area contributed by atoms with Crippen molar-refractivity contribution in [2.75, 3.05) is 32.7 Å². The molecule has 20 heteroatoms. The zero-order valence-electron chi connectivity index (χ0n) is 34.2. The lowest BCUT2D eigenvalue weighted by molar-refractivity contribution is -0.132. The highest BCUT2D eigenvalue weighted by molar-refractivity contribution is 7.81. The summed E-state index contributed by atoms with van der Waals surface area (Å²) >= 11 is 0. The van der Waals surface area contributed by atoms with Gasteiger partial charge in [-0.2, -0.15) is 8.42 Å². The molecule has 1 aromatic heterocycles. The van der Waals surface area contributed by atoms with E-state index in [1.165, 1.54) is 54.4 Å². The maximum atomic E-state index is 13.5. The van der Waals surface area contributed by atoms with Gasteiger partial charge in [0.15, 0.2) is 0 Å². The molecule has 6 N–H and O–H groups in total. The maximum absolute atomic E-state index is 13.5. The topological polar surface area (TPSA) is 237 Å². The number of carbonyl (C=O) groups excluding carboxylic acids is 5. The molecule has 0 saturated carbocycles. The number of pyridine rings is 1. The molecule has 3 atom stereocenters. The van der Waals surface area contributed by atoms with Gasteiger partial charge in [0, 0.05) is 31.3 Å². The summed E-state index contributed by atoms with van der Waals surface area (Å²) in [6.07, 6.45) is 8.12. The largest absolute Gasteiger partial charge is 0.488 e. The van der Waals surface area contributed by atoms with Crippen LogP contribution in [0.25, 0.3) is 0 Å². The van der Waals surface area contributed by atoms with E-state index in [4.69, 9.17) is 0 Å². The van der Waals surface area contributed by atoms with E-state index in [-0.39, 0.29) is 43.0 Å². The van der Waals surface area contributed by atoms with E-state index in [0.29, 0.717) is 56.6 Å². The lowest BCUT2D eigenvalue weighted by Crippen LogP contribution is -2.52. The van der Waals surface area contributed by atoms with Crippen LogP contribution in [0.3, 0.4) is 0 Å². The summed E-state index contributed by atoms with van der Waals surface area (Å²) in [6, 6.07) is 6.51. The van der Waals surface area contributed by atoms with Gasteiger partial charge in [-0.25, -0.2) is 0 Å². The Balaban J connectivity index is 1.58. The summed E-state index contributed by atoms with van der Waals surface area (Å²) < 4.78 is 38.5. The first kappa shape index (κ1) is 48.7. The molecule has 59 heavy (non-hydrogen) atoms. The predicted molar refractivity (Wildman–Crippen MR) is 218 cm³/mol. The Labute approximate surface area is 346 Å². The van der Waals surface area contributed by atoms with Crippen molar-refractivity contribution in [2.24, 2.45) is 0 Å². The van der Waals surface area contributed by atoms with Crippen LogP contribution < -0.4 is 25.5 Å². The quantitative estimate of drug-likeness (QED) is 0.0451. The molecule has 1 fully saturated rings. The van der Waals surface area contributed by atoms with Crippen molar-refractivity contribution in [3.05, 3.63) is 59.4 Å². The van der Waals surface area contributed by atoms with Crippen LogP contribution in [0.5, 0.6) is 5.75 Å². The van der Waals surface area contributed by atoms with Gasteiger partial charge in [-0.05, 0) is 101 Å². The summed E-state index contributed by atoms with van der Waals surface area (Å²) in [4.78, 5) is 73.0. The Hall–Kier alpha value is -4.66. The van der Waals surface area contributed by atoms with Gasteiger partial charge in [0.25, 0.3) is 5.91 Å². The van der Waals surface area contributed by atoms with E-state index in [1.54, 1.807) is 0 Å². The predicted octanol–water partition coefficient (Wildman–Crippen LogP) is 1.72. The second-order valence-corrected chi connectivity index (χ2v) is 15.6. The minimum absolute atomic E-state index is 0.0212. The van der Waals surface area contributed by atoms with Gasteiger partial charge in [0.2, 0.25) is 23.6 Å². The van der Waals surface area contributed by atoms with Crippen LogP contribution in [0.4, 0.5) is 3.89 Å². The third-order valence-corrected chi connectivity index (χ3v) is 10.2. The molecule has 3 unspecified atom stereocenters. The number of amides is 5. The van der Waals surface area contributed by atoms with Gasteiger partial charge >= 0.3 is 17.6 Å². The molecule has 2 heterocycles. The highest BCUT2D eigenvalue weighted by atomic mass is 32.3. The average Bonchev–Trinajstić information content (AvgIpc) is 3.69. The van der Waals surface area contributed by atoms with Crippen molar-refractivity contribution in [2.45, 2.75) is 116 Å². The van der Waals surface area contributed by atoms with Crippen LogP contribution in [0, 0.1) is 0 Å². The number of likely N-dealkylation sites (tertiary alicyclic amines) is 1. The smallest absolute Gasteiger partial charge is 0.426 e. The van der Waals surface area contributed by atoms with Crippen molar-refractivity contribution < 1.29 is 50.5 Å². The van der Waals surface area contributed by atoms with Gasteiger partial charge in [0.05, 0.1) is 24.7 Å². The first-order valence-electron chi connectivity index (χ1n) is 20.3. The van der Waals surface area contributed by atoms with E-state index < -0.39 is 59.3 Å². The Morgan fingerprint density at radius 1 is 0.983 bits per heavy atom. The van der Waals surface area contributed by atoms with E-state index in [0.717, 1.165) is 38.8 Å². The number of nitrogens with zero attached hydrogens (tertiary/aromatic N) is 3. The van der Waals surface area contributed by atoms with Crippen LogP contribution in [0.1, 0.15) is 107 Å². The van der Waals surface area contributed by atoms with E-state index in [1.807, 2.05) is 0 Å². The number of carbonyl (C=O) groups is 5. The van der Waals surface area contributed by atoms with Crippen molar-refractivity contribution in [1.82, 2.24) is 36.1 Å². The van der Waals surface area contributed by atoms with E-state index in [2.05, 4.69) is 49.2 Å². The van der Waals surface area contributed by atoms with E-state index in [9.17, 15) is 46.3 Å². The zero-order chi connectivity index (χ0) is 43.4. The Kier molecular flexibility index (Phi) is 20.7. The molecule has 326 valence electrons. The Morgan fingerprint density at radius 2 is 1.73 bits per heavy atom. The second kappa shape index (κ2) is 25.1. The maximum Gasteiger partial charge on any atom is 0.488 e. The van der Waals surface area contributed by atoms with E-state index >= 15 is 0 Å². The fourth-order valence-corrected chi connectivity index (χ4v) is 7.08. The number of nitrogens with one attached hydrogen (secondary N) is 4. The molecule has 1 saturated heterocycles. The summed E-state index contributed by atoms with van der Waals surface area (Å²) in [6.45, 7) is 8.38. The molecule has 0 spiro atoms. The molecule has 5 amide bonds. The number of hydrogen-bond acceptors (Lipinski definition) is 12. The van der Waals surface area contributed by atoms with Gasteiger partial charge < -0.3 is 40.4 Å². The summed E-state index contributed by atoms with van der Waals surface area (Å²) in [5.41, 5.74) is 1.16. The molecule has 2 aromatic rings. The van der Waals surface area contributed by atoms with Crippen LogP contribution in [-0.4, -0.2) is 121 Å². The highest BCUT2D eigenvalue weighted by Crippen LogP contribution is 2.19. The molecule has 0 bridgehead atoms. The fourth-order valence-electron chi connectivity index (χ4n) is 6.74. The van der Waals surface area contributed by atoms with Gasteiger partial charge in [-0.15, -0.1) is 0 Å². The number of aryl methyl sites for hydroxylation is 1. The summed E-state index contributed by atoms with van der Waals surface area (Å²) in [5.74, 6) is -2.98.